The maximum absolute atomic E-state index is 4.43. The van der Waals surface area contributed by atoms with Crippen molar-refractivity contribution in [2.45, 2.75) is 25.0 Å². The van der Waals surface area contributed by atoms with Crippen LogP contribution in [0.25, 0.3) is 0 Å². The fourth-order valence-electron chi connectivity index (χ4n) is 0.815. The van der Waals surface area contributed by atoms with Gasteiger partial charge in [0.1, 0.15) is 0 Å². The van der Waals surface area contributed by atoms with Crippen molar-refractivity contribution in [3.05, 3.63) is 23.8 Å². The van der Waals surface area contributed by atoms with Crippen molar-refractivity contribution in [2.75, 3.05) is 0 Å². The largest absolute Gasteiger partial charge is 0.168 e. The highest BCUT2D eigenvalue weighted by Gasteiger charge is 2.14. The fraction of sp³-hybridized carbons (Fsp3) is 0.500. The highest BCUT2D eigenvalue weighted by molar-refractivity contribution is 7.82. The summed E-state index contributed by atoms with van der Waals surface area (Å²) in [6, 6.07) is 0. The SMILES string of the molecule is CC1=CCC(C)(S)C=C1. The molecule has 0 heterocycles. The quantitative estimate of drug-likeness (QED) is 0.491. The van der Waals surface area contributed by atoms with E-state index < -0.39 is 0 Å². The number of allylic oxidation sites excluding steroid dienone is 3. The molecule has 0 nitrogen and oxygen atoms in total. The van der Waals surface area contributed by atoms with Gasteiger partial charge in [0.2, 0.25) is 0 Å². The highest BCUT2D eigenvalue weighted by atomic mass is 32.1. The third kappa shape index (κ3) is 1.90. The smallest absolute Gasteiger partial charge is 0.0318 e. The van der Waals surface area contributed by atoms with Crippen LogP contribution in [0.3, 0.4) is 0 Å². The third-order valence-electron chi connectivity index (χ3n) is 1.54. The summed E-state index contributed by atoms with van der Waals surface area (Å²) in [7, 11) is 0. The Morgan fingerprint density at radius 2 is 2.33 bits per heavy atom. The summed E-state index contributed by atoms with van der Waals surface area (Å²) >= 11 is 4.43. The summed E-state index contributed by atoms with van der Waals surface area (Å²) in [6.45, 7) is 4.23. The molecule has 1 aliphatic rings. The predicted molar refractivity (Wildman–Crippen MR) is 44.9 cm³/mol. The molecule has 0 aliphatic heterocycles. The van der Waals surface area contributed by atoms with Gasteiger partial charge in [0.25, 0.3) is 0 Å². The molecule has 0 aromatic heterocycles. The average molecular weight is 140 g/mol. The number of hydrogen-bond acceptors (Lipinski definition) is 1. The molecule has 0 aromatic rings. The molecule has 1 unspecified atom stereocenters. The second-order valence-corrected chi connectivity index (χ2v) is 3.86. The van der Waals surface area contributed by atoms with E-state index in [1.54, 1.807) is 0 Å². The lowest BCUT2D eigenvalue weighted by Gasteiger charge is -2.20. The van der Waals surface area contributed by atoms with E-state index >= 15 is 0 Å². The molecule has 1 heteroatoms. The first kappa shape index (κ1) is 6.94. The van der Waals surface area contributed by atoms with E-state index in [-0.39, 0.29) is 4.75 Å². The molecular weight excluding hydrogens is 128 g/mol. The molecule has 0 fully saturated rings. The van der Waals surface area contributed by atoms with Gasteiger partial charge in [-0.2, -0.15) is 12.6 Å². The van der Waals surface area contributed by atoms with Crippen molar-refractivity contribution < 1.29 is 0 Å². The van der Waals surface area contributed by atoms with E-state index in [0.29, 0.717) is 0 Å². The summed E-state index contributed by atoms with van der Waals surface area (Å²) in [5.41, 5.74) is 1.35. The van der Waals surface area contributed by atoms with Crippen molar-refractivity contribution in [3.8, 4) is 0 Å². The summed E-state index contributed by atoms with van der Waals surface area (Å²) in [5.74, 6) is 0. The number of hydrogen-bond donors (Lipinski definition) is 1. The maximum Gasteiger partial charge on any atom is 0.0318 e. The molecule has 0 saturated heterocycles. The van der Waals surface area contributed by atoms with E-state index in [2.05, 4.69) is 44.7 Å². The fourth-order valence-corrected chi connectivity index (χ4v) is 0.980. The highest BCUT2D eigenvalue weighted by Crippen LogP contribution is 2.25. The molecule has 1 atom stereocenters. The van der Waals surface area contributed by atoms with Gasteiger partial charge in [-0.3, -0.25) is 0 Å². The Labute approximate surface area is 62.1 Å². The van der Waals surface area contributed by atoms with Crippen LogP contribution in [-0.2, 0) is 0 Å². The van der Waals surface area contributed by atoms with Crippen molar-refractivity contribution in [2.24, 2.45) is 0 Å². The molecule has 9 heavy (non-hydrogen) atoms. The van der Waals surface area contributed by atoms with Crippen LogP contribution < -0.4 is 0 Å². The molecule has 0 bridgehead atoms. The summed E-state index contributed by atoms with van der Waals surface area (Å²) in [5, 5.41) is 0. The standard InChI is InChI=1S/C8H12S/c1-7-3-5-8(2,9)6-4-7/h3-5,9H,6H2,1-2H3. The number of thiol groups is 1. The van der Waals surface area contributed by atoms with E-state index in [9.17, 15) is 0 Å². The Morgan fingerprint density at radius 3 is 2.67 bits per heavy atom. The van der Waals surface area contributed by atoms with E-state index in [1.807, 2.05) is 0 Å². The summed E-state index contributed by atoms with van der Waals surface area (Å²) in [6.07, 6.45) is 7.54. The van der Waals surface area contributed by atoms with Gasteiger partial charge in [-0.25, -0.2) is 0 Å². The molecule has 0 spiro atoms. The Balaban J connectivity index is 2.70. The van der Waals surface area contributed by atoms with Crippen LogP contribution in [0.1, 0.15) is 20.3 Å². The predicted octanol–water partition coefficient (Wildman–Crippen LogP) is 2.58. The normalized spacial score (nSPS) is 34.3. The van der Waals surface area contributed by atoms with Gasteiger partial charge in [0.05, 0.1) is 0 Å². The monoisotopic (exact) mass is 140 g/mol. The number of rotatable bonds is 0. The minimum atomic E-state index is 0.0967. The van der Waals surface area contributed by atoms with Gasteiger partial charge in [0.15, 0.2) is 0 Å². The van der Waals surface area contributed by atoms with Gasteiger partial charge in [-0.1, -0.05) is 23.8 Å². The zero-order chi connectivity index (χ0) is 6.91. The van der Waals surface area contributed by atoms with Crippen LogP contribution in [-0.4, -0.2) is 4.75 Å². The molecule has 50 valence electrons. The molecule has 1 rings (SSSR count). The lowest BCUT2D eigenvalue weighted by Crippen LogP contribution is -2.13. The Hall–Kier alpha value is -0.170. The molecular formula is C8H12S. The van der Waals surface area contributed by atoms with Gasteiger partial charge < -0.3 is 0 Å². The molecule has 0 amide bonds. The summed E-state index contributed by atoms with van der Waals surface area (Å²) in [4.78, 5) is 0. The van der Waals surface area contributed by atoms with Crippen LogP contribution in [0.15, 0.2) is 23.8 Å². The second kappa shape index (κ2) is 2.22. The molecule has 0 aromatic carbocycles. The second-order valence-electron chi connectivity index (χ2n) is 2.84. The van der Waals surface area contributed by atoms with Crippen molar-refractivity contribution in [3.63, 3.8) is 0 Å². The van der Waals surface area contributed by atoms with Gasteiger partial charge >= 0.3 is 0 Å². The third-order valence-corrected chi connectivity index (χ3v) is 1.87. The average Bonchev–Trinajstić information content (AvgIpc) is 1.78. The lowest BCUT2D eigenvalue weighted by molar-refractivity contribution is 0.798. The molecule has 0 saturated carbocycles. The lowest BCUT2D eigenvalue weighted by atomic mass is 9.98. The van der Waals surface area contributed by atoms with Gasteiger partial charge in [-0.05, 0) is 20.3 Å². The van der Waals surface area contributed by atoms with Crippen molar-refractivity contribution in [1.29, 1.82) is 0 Å². The van der Waals surface area contributed by atoms with Crippen LogP contribution in [0.5, 0.6) is 0 Å². The Bertz CT molecular complexity index is 163. The topological polar surface area (TPSA) is 0 Å². The molecule has 0 N–H and O–H groups in total. The molecule has 1 aliphatic carbocycles. The maximum atomic E-state index is 4.43. The van der Waals surface area contributed by atoms with E-state index in [1.165, 1.54) is 5.57 Å². The van der Waals surface area contributed by atoms with Crippen LogP contribution in [0, 0.1) is 0 Å². The van der Waals surface area contributed by atoms with E-state index in [4.69, 9.17) is 0 Å². The first-order chi connectivity index (χ1) is 4.10. The molecule has 0 radical (unpaired) electrons. The van der Waals surface area contributed by atoms with Crippen LogP contribution in [0.2, 0.25) is 0 Å². The summed E-state index contributed by atoms with van der Waals surface area (Å²) < 4.78 is 0.0967. The van der Waals surface area contributed by atoms with Crippen LogP contribution >= 0.6 is 12.6 Å². The zero-order valence-electron chi connectivity index (χ0n) is 5.89. The van der Waals surface area contributed by atoms with Crippen molar-refractivity contribution in [1.82, 2.24) is 0 Å². The zero-order valence-corrected chi connectivity index (χ0v) is 6.78. The Morgan fingerprint density at radius 1 is 1.67 bits per heavy atom. The minimum absolute atomic E-state index is 0.0967. The van der Waals surface area contributed by atoms with Crippen molar-refractivity contribution >= 4 is 12.6 Å². The first-order valence-corrected chi connectivity index (χ1v) is 3.63. The van der Waals surface area contributed by atoms with Gasteiger partial charge in [-0.15, -0.1) is 0 Å². The Kier molecular flexibility index (Phi) is 1.71. The van der Waals surface area contributed by atoms with Gasteiger partial charge in [0, 0.05) is 4.75 Å². The minimum Gasteiger partial charge on any atom is -0.168 e. The van der Waals surface area contributed by atoms with Crippen LogP contribution in [0.4, 0.5) is 0 Å². The first-order valence-electron chi connectivity index (χ1n) is 3.18. The van der Waals surface area contributed by atoms with E-state index in [0.717, 1.165) is 6.42 Å².